The van der Waals surface area contributed by atoms with Crippen LogP contribution >= 0.6 is 0 Å². The molecule has 0 saturated carbocycles. The molecule has 20 heavy (non-hydrogen) atoms. The summed E-state index contributed by atoms with van der Waals surface area (Å²) in [4.78, 5) is 10.7. The number of benzene rings is 2. The average molecular weight is 272 g/mol. The topological polar surface area (TPSA) is 26.3 Å². The standard InChI is InChI=1S/C17H17FO2/c1-12(2)15-5-3-13(4-6-15)11-20-17-8-14(10-19)7-16(18)9-17/h3-10,12H,11H2,1-2H3. The molecule has 104 valence electrons. The Morgan fingerprint density at radius 2 is 1.85 bits per heavy atom. The van der Waals surface area contributed by atoms with E-state index in [4.69, 9.17) is 4.74 Å². The van der Waals surface area contributed by atoms with Crippen LogP contribution in [0.25, 0.3) is 0 Å². The Labute approximate surface area is 118 Å². The number of ether oxygens (including phenoxy) is 1. The molecule has 0 aliphatic rings. The summed E-state index contributed by atoms with van der Waals surface area (Å²) >= 11 is 0. The SMILES string of the molecule is CC(C)c1ccc(COc2cc(F)cc(C=O)c2)cc1. The number of carbonyl (C=O) groups excluding carboxylic acids is 1. The smallest absolute Gasteiger partial charge is 0.150 e. The van der Waals surface area contributed by atoms with Gasteiger partial charge in [0.1, 0.15) is 24.5 Å². The molecule has 2 rings (SSSR count). The van der Waals surface area contributed by atoms with E-state index in [-0.39, 0.29) is 5.56 Å². The van der Waals surface area contributed by atoms with Crippen LogP contribution in [0.4, 0.5) is 4.39 Å². The van der Waals surface area contributed by atoms with E-state index < -0.39 is 5.82 Å². The molecule has 2 aromatic rings. The first-order valence-corrected chi connectivity index (χ1v) is 6.56. The highest BCUT2D eigenvalue weighted by Crippen LogP contribution is 2.18. The number of carbonyl (C=O) groups is 1. The minimum absolute atomic E-state index is 0.273. The van der Waals surface area contributed by atoms with Crippen molar-refractivity contribution >= 4 is 6.29 Å². The lowest BCUT2D eigenvalue weighted by molar-refractivity contribution is 0.112. The van der Waals surface area contributed by atoms with E-state index >= 15 is 0 Å². The van der Waals surface area contributed by atoms with E-state index in [2.05, 4.69) is 26.0 Å². The number of rotatable bonds is 5. The van der Waals surface area contributed by atoms with E-state index in [1.165, 1.54) is 23.8 Å². The molecule has 0 saturated heterocycles. The second-order valence-corrected chi connectivity index (χ2v) is 5.02. The average Bonchev–Trinajstić information content (AvgIpc) is 2.45. The van der Waals surface area contributed by atoms with Gasteiger partial charge >= 0.3 is 0 Å². The van der Waals surface area contributed by atoms with Gasteiger partial charge in [-0.05, 0) is 29.2 Å². The molecule has 0 N–H and O–H groups in total. The van der Waals surface area contributed by atoms with Gasteiger partial charge in [-0.1, -0.05) is 38.1 Å². The van der Waals surface area contributed by atoms with Crippen molar-refractivity contribution in [3.63, 3.8) is 0 Å². The van der Waals surface area contributed by atoms with Gasteiger partial charge in [-0.3, -0.25) is 4.79 Å². The van der Waals surface area contributed by atoms with Crippen molar-refractivity contribution in [2.45, 2.75) is 26.4 Å². The Hall–Kier alpha value is -2.16. The molecule has 2 nitrogen and oxygen atoms in total. The summed E-state index contributed by atoms with van der Waals surface area (Å²) in [6.45, 7) is 4.62. The first-order valence-electron chi connectivity index (χ1n) is 6.56. The highest BCUT2D eigenvalue weighted by Gasteiger charge is 2.03. The molecule has 0 aromatic heterocycles. The normalized spacial score (nSPS) is 10.6. The Balaban J connectivity index is 2.04. The molecule has 0 heterocycles. The van der Waals surface area contributed by atoms with Crippen molar-refractivity contribution in [2.75, 3.05) is 0 Å². The zero-order valence-corrected chi connectivity index (χ0v) is 11.6. The number of halogens is 1. The highest BCUT2D eigenvalue weighted by atomic mass is 19.1. The fraction of sp³-hybridized carbons (Fsp3) is 0.235. The quantitative estimate of drug-likeness (QED) is 0.757. The van der Waals surface area contributed by atoms with Gasteiger partial charge < -0.3 is 4.74 Å². The molecular weight excluding hydrogens is 255 g/mol. The van der Waals surface area contributed by atoms with Crippen molar-refractivity contribution in [3.05, 3.63) is 65.0 Å². The minimum atomic E-state index is -0.472. The van der Waals surface area contributed by atoms with Gasteiger partial charge in [0.2, 0.25) is 0 Å². The molecule has 0 fully saturated rings. The lowest BCUT2D eigenvalue weighted by Gasteiger charge is -2.09. The van der Waals surface area contributed by atoms with Gasteiger partial charge in [0.25, 0.3) is 0 Å². The van der Waals surface area contributed by atoms with Crippen molar-refractivity contribution in [2.24, 2.45) is 0 Å². The molecule has 0 atom stereocenters. The van der Waals surface area contributed by atoms with Crippen LogP contribution in [0.1, 0.15) is 41.3 Å². The van der Waals surface area contributed by atoms with Crippen LogP contribution in [0.5, 0.6) is 5.75 Å². The summed E-state index contributed by atoms with van der Waals surface area (Å²) in [5, 5.41) is 0. The predicted octanol–water partition coefficient (Wildman–Crippen LogP) is 4.34. The van der Waals surface area contributed by atoms with Crippen LogP contribution in [0, 0.1) is 5.82 Å². The monoisotopic (exact) mass is 272 g/mol. The van der Waals surface area contributed by atoms with Gasteiger partial charge in [0, 0.05) is 11.6 Å². The third kappa shape index (κ3) is 3.67. The van der Waals surface area contributed by atoms with E-state index in [0.717, 1.165) is 5.56 Å². The number of hydrogen-bond donors (Lipinski definition) is 0. The zero-order chi connectivity index (χ0) is 14.5. The summed E-state index contributed by atoms with van der Waals surface area (Å²) < 4.78 is 18.8. The molecule has 0 aliphatic carbocycles. The molecule has 0 radical (unpaired) electrons. The van der Waals surface area contributed by atoms with Crippen molar-refractivity contribution in [3.8, 4) is 5.75 Å². The minimum Gasteiger partial charge on any atom is -0.489 e. The fourth-order valence-electron chi connectivity index (χ4n) is 1.90. The predicted molar refractivity (Wildman–Crippen MR) is 76.7 cm³/mol. The summed E-state index contributed by atoms with van der Waals surface area (Å²) in [6, 6.07) is 12.1. The number of aldehydes is 1. The first kappa shape index (κ1) is 14.3. The molecule has 0 amide bonds. The summed E-state index contributed by atoms with van der Waals surface area (Å²) in [5.41, 5.74) is 2.55. The van der Waals surface area contributed by atoms with E-state index in [9.17, 15) is 9.18 Å². The Kier molecular flexibility index (Phi) is 4.51. The Morgan fingerprint density at radius 3 is 2.45 bits per heavy atom. The Morgan fingerprint density at radius 1 is 1.15 bits per heavy atom. The lowest BCUT2D eigenvalue weighted by Crippen LogP contribution is -1.97. The molecule has 0 bridgehead atoms. The number of hydrogen-bond acceptors (Lipinski definition) is 2. The van der Waals surface area contributed by atoms with Gasteiger partial charge in [-0.2, -0.15) is 0 Å². The second kappa shape index (κ2) is 6.33. The first-order chi connectivity index (χ1) is 9.58. The lowest BCUT2D eigenvalue weighted by atomic mass is 10.0. The van der Waals surface area contributed by atoms with Gasteiger partial charge in [-0.25, -0.2) is 4.39 Å². The zero-order valence-electron chi connectivity index (χ0n) is 11.6. The summed E-state index contributed by atoms with van der Waals surface area (Å²) in [6.07, 6.45) is 0.605. The van der Waals surface area contributed by atoms with Gasteiger partial charge in [0.15, 0.2) is 0 Å². The summed E-state index contributed by atoms with van der Waals surface area (Å²) in [5.74, 6) is 0.378. The van der Waals surface area contributed by atoms with Crippen LogP contribution in [0.15, 0.2) is 42.5 Å². The maximum atomic E-state index is 13.2. The second-order valence-electron chi connectivity index (χ2n) is 5.02. The third-order valence-corrected chi connectivity index (χ3v) is 3.08. The molecule has 2 aromatic carbocycles. The fourth-order valence-corrected chi connectivity index (χ4v) is 1.90. The molecule has 0 unspecified atom stereocenters. The summed E-state index contributed by atoms with van der Waals surface area (Å²) in [7, 11) is 0. The van der Waals surface area contributed by atoms with Crippen molar-refractivity contribution in [1.82, 2.24) is 0 Å². The van der Waals surface area contributed by atoms with E-state index in [1.807, 2.05) is 12.1 Å². The van der Waals surface area contributed by atoms with Crippen molar-refractivity contribution < 1.29 is 13.9 Å². The third-order valence-electron chi connectivity index (χ3n) is 3.08. The van der Waals surface area contributed by atoms with E-state index in [0.29, 0.717) is 24.6 Å². The maximum Gasteiger partial charge on any atom is 0.150 e. The Bertz CT molecular complexity index is 588. The van der Waals surface area contributed by atoms with Crippen LogP contribution in [0.3, 0.4) is 0 Å². The largest absolute Gasteiger partial charge is 0.489 e. The van der Waals surface area contributed by atoms with Crippen LogP contribution < -0.4 is 4.74 Å². The molecule has 3 heteroatoms. The van der Waals surface area contributed by atoms with Gasteiger partial charge in [-0.15, -0.1) is 0 Å². The van der Waals surface area contributed by atoms with Crippen LogP contribution in [0.2, 0.25) is 0 Å². The molecule has 0 aliphatic heterocycles. The molecular formula is C17H17FO2. The van der Waals surface area contributed by atoms with Crippen molar-refractivity contribution in [1.29, 1.82) is 0 Å². The van der Waals surface area contributed by atoms with Crippen LogP contribution in [-0.2, 0) is 6.61 Å². The highest BCUT2D eigenvalue weighted by molar-refractivity contribution is 5.75. The van der Waals surface area contributed by atoms with Crippen LogP contribution in [-0.4, -0.2) is 6.29 Å². The van der Waals surface area contributed by atoms with Gasteiger partial charge in [0.05, 0.1) is 0 Å². The maximum absolute atomic E-state index is 13.2. The molecule has 0 spiro atoms. The van der Waals surface area contributed by atoms with E-state index in [1.54, 1.807) is 0 Å².